The summed E-state index contributed by atoms with van der Waals surface area (Å²) in [4.78, 5) is 4.15. The van der Waals surface area contributed by atoms with E-state index in [2.05, 4.69) is 10.3 Å². The zero-order valence-electron chi connectivity index (χ0n) is 6.12. The van der Waals surface area contributed by atoms with Crippen LogP contribution in [-0.4, -0.2) is 22.7 Å². The summed E-state index contributed by atoms with van der Waals surface area (Å²) in [5.74, 6) is 0. The van der Waals surface area contributed by atoms with E-state index in [1.54, 1.807) is 6.20 Å². The van der Waals surface area contributed by atoms with Gasteiger partial charge in [0.25, 0.3) is 0 Å². The number of hydrogen-bond acceptors (Lipinski definition) is 3. The molecule has 0 fully saturated rings. The summed E-state index contributed by atoms with van der Waals surface area (Å²) in [5, 5.41) is 12.4. The zero-order valence-corrected chi connectivity index (χ0v) is 6.12. The summed E-state index contributed by atoms with van der Waals surface area (Å²) in [6, 6.07) is 3.87. The summed E-state index contributed by atoms with van der Waals surface area (Å²) in [7, 11) is 0. The van der Waals surface area contributed by atoms with E-state index in [0.717, 1.165) is 11.4 Å². The number of pyridine rings is 1. The van der Waals surface area contributed by atoms with Crippen molar-refractivity contribution in [2.75, 3.05) is 11.9 Å². The third kappa shape index (κ3) is 1.19. The molecule has 0 aliphatic carbocycles. The first-order chi connectivity index (χ1) is 5.36. The van der Waals surface area contributed by atoms with Crippen LogP contribution in [0.5, 0.6) is 0 Å². The normalized spacial score (nSPS) is 22.1. The van der Waals surface area contributed by atoms with Crippen LogP contribution >= 0.6 is 0 Å². The highest BCUT2D eigenvalue weighted by atomic mass is 16.3. The molecule has 1 aliphatic rings. The molecule has 0 radical (unpaired) electrons. The quantitative estimate of drug-likeness (QED) is 0.563. The second kappa shape index (κ2) is 2.51. The number of nitrogens with zero attached hydrogens (tertiary/aromatic N) is 1. The molecule has 1 aromatic rings. The van der Waals surface area contributed by atoms with Gasteiger partial charge >= 0.3 is 0 Å². The predicted molar refractivity (Wildman–Crippen MR) is 42.4 cm³/mol. The summed E-state index contributed by atoms with van der Waals surface area (Å²) in [6.45, 7) is 0.638. The maximum Gasteiger partial charge on any atom is 0.0768 e. The van der Waals surface area contributed by atoms with Crippen LogP contribution in [0, 0.1) is 0 Å². The maximum atomic E-state index is 9.25. The van der Waals surface area contributed by atoms with Crippen LogP contribution in [0.25, 0.3) is 0 Å². The van der Waals surface area contributed by atoms with E-state index in [-0.39, 0.29) is 6.10 Å². The molecule has 2 heterocycles. The van der Waals surface area contributed by atoms with Crippen molar-refractivity contribution in [3.05, 3.63) is 24.0 Å². The fourth-order valence-corrected chi connectivity index (χ4v) is 1.28. The molecule has 0 saturated heterocycles. The van der Waals surface area contributed by atoms with Crippen molar-refractivity contribution in [3.63, 3.8) is 0 Å². The molecule has 3 heteroatoms. The molecule has 0 bridgehead atoms. The van der Waals surface area contributed by atoms with Crippen LogP contribution in [0.2, 0.25) is 0 Å². The van der Waals surface area contributed by atoms with Crippen LogP contribution < -0.4 is 5.32 Å². The van der Waals surface area contributed by atoms with Crippen LogP contribution in [0.15, 0.2) is 18.3 Å². The van der Waals surface area contributed by atoms with E-state index in [1.807, 2.05) is 12.1 Å². The lowest BCUT2D eigenvalue weighted by molar-refractivity contribution is 0.183. The molecular weight excluding hydrogens is 140 g/mol. The summed E-state index contributed by atoms with van der Waals surface area (Å²) < 4.78 is 0. The third-order valence-electron chi connectivity index (χ3n) is 1.85. The number of aliphatic hydroxyl groups is 1. The van der Waals surface area contributed by atoms with Crippen LogP contribution in [0.1, 0.15) is 5.69 Å². The zero-order chi connectivity index (χ0) is 7.68. The average molecular weight is 150 g/mol. The number of hydrogen-bond donors (Lipinski definition) is 2. The first-order valence-corrected chi connectivity index (χ1v) is 3.72. The van der Waals surface area contributed by atoms with Crippen LogP contribution in [-0.2, 0) is 6.42 Å². The SMILES string of the molecule is OC1CNc2cccnc2C1. The van der Waals surface area contributed by atoms with Crippen molar-refractivity contribution >= 4 is 5.69 Å². The van der Waals surface area contributed by atoms with E-state index < -0.39 is 0 Å². The number of aromatic nitrogens is 1. The van der Waals surface area contributed by atoms with Gasteiger partial charge < -0.3 is 10.4 Å². The van der Waals surface area contributed by atoms with E-state index in [1.165, 1.54) is 0 Å². The number of anilines is 1. The Bertz CT molecular complexity index is 262. The second-order valence-corrected chi connectivity index (χ2v) is 2.74. The number of aliphatic hydroxyl groups excluding tert-OH is 1. The molecule has 1 aliphatic heterocycles. The lowest BCUT2D eigenvalue weighted by Crippen LogP contribution is -2.27. The molecule has 0 saturated carbocycles. The fraction of sp³-hybridized carbons (Fsp3) is 0.375. The number of fused-ring (bicyclic) bond motifs is 1. The van der Waals surface area contributed by atoms with E-state index in [9.17, 15) is 5.11 Å². The molecule has 0 aromatic carbocycles. The smallest absolute Gasteiger partial charge is 0.0768 e. The van der Waals surface area contributed by atoms with Gasteiger partial charge in [-0.05, 0) is 12.1 Å². The van der Waals surface area contributed by atoms with Crippen LogP contribution in [0.3, 0.4) is 0 Å². The van der Waals surface area contributed by atoms with Gasteiger partial charge in [-0.3, -0.25) is 4.98 Å². The van der Waals surface area contributed by atoms with Gasteiger partial charge in [-0.15, -0.1) is 0 Å². The molecule has 1 unspecified atom stereocenters. The van der Waals surface area contributed by atoms with Gasteiger partial charge in [-0.2, -0.15) is 0 Å². The Labute approximate surface area is 65.1 Å². The Balaban J connectivity index is 2.34. The minimum atomic E-state index is -0.280. The Morgan fingerprint density at radius 2 is 2.55 bits per heavy atom. The van der Waals surface area contributed by atoms with Crippen molar-refractivity contribution in [3.8, 4) is 0 Å². The predicted octanol–water partition coefficient (Wildman–Crippen LogP) is 0.411. The van der Waals surface area contributed by atoms with Crippen LogP contribution in [0.4, 0.5) is 5.69 Å². The Morgan fingerprint density at radius 1 is 1.64 bits per heavy atom. The molecule has 58 valence electrons. The van der Waals surface area contributed by atoms with E-state index in [4.69, 9.17) is 0 Å². The molecule has 0 spiro atoms. The second-order valence-electron chi connectivity index (χ2n) is 2.74. The fourth-order valence-electron chi connectivity index (χ4n) is 1.28. The van der Waals surface area contributed by atoms with Gasteiger partial charge in [0.1, 0.15) is 0 Å². The molecule has 2 rings (SSSR count). The van der Waals surface area contributed by atoms with Gasteiger partial charge in [0.15, 0.2) is 0 Å². The summed E-state index contributed by atoms with van der Waals surface area (Å²) in [6.07, 6.45) is 2.14. The largest absolute Gasteiger partial charge is 0.391 e. The highest BCUT2D eigenvalue weighted by molar-refractivity contribution is 5.49. The first kappa shape index (κ1) is 6.61. The highest BCUT2D eigenvalue weighted by Crippen LogP contribution is 2.17. The molecular formula is C8H10N2O. The van der Waals surface area contributed by atoms with Gasteiger partial charge in [-0.25, -0.2) is 0 Å². The van der Waals surface area contributed by atoms with Gasteiger partial charge in [0.05, 0.1) is 17.5 Å². The topological polar surface area (TPSA) is 45.1 Å². The Morgan fingerprint density at radius 3 is 3.45 bits per heavy atom. The Kier molecular flexibility index (Phi) is 1.51. The van der Waals surface area contributed by atoms with Crippen molar-refractivity contribution in [1.29, 1.82) is 0 Å². The molecule has 2 N–H and O–H groups in total. The minimum Gasteiger partial charge on any atom is -0.391 e. The standard InChI is InChI=1S/C8H10N2O/c11-6-4-8-7(10-5-6)2-1-3-9-8/h1-3,6,10-11H,4-5H2. The van der Waals surface area contributed by atoms with Crippen molar-refractivity contribution < 1.29 is 5.11 Å². The summed E-state index contributed by atoms with van der Waals surface area (Å²) >= 11 is 0. The number of β-amino-alcohol motifs (C(OH)–C–C–N with tert-alkyl or cyclic N) is 1. The molecule has 1 atom stereocenters. The van der Waals surface area contributed by atoms with E-state index in [0.29, 0.717) is 13.0 Å². The minimum absolute atomic E-state index is 0.280. The van der Waals surface area contributed by atoms with Gasteiger partial charge in [-0.1, -0.05) is 0 Å². The number of rotatable bonds is 0. The molecule has 11 heavy (non-hydrogen) atoms. The summed E-state index contributed by atoms with van der Waals surface area (Å²) in [5.41, 5.74) is 2.02. The van der Waals surface area contributed by atoms with E-state index >= 15 is 0 Å². The highest BCUT2D eigenvalue weighted by Gasteiger charge is 2.15. The third-order valence-corrected chi connectivity index (χ3v) is 1.85. The Hall–Kier alpha value is -1.09. The van der Waals surface area contributed by atoms with Crippen molar-refractivity contribution in [2.24, 2.45) is 0 Å². The first-order valence-electron chi connectivity index (χ1n) is 3.72. The maximum absolute atomic E-state index is 9.25. The lowest BCUT2D eigenvalue weighted by atomic mass is 10.1. The number of nitrogens with one attached hydrogen (secondary N) is 1. The average Bonchev–Trinajstić information content (AvgIpc) is 2.04. The van der Waals surface area contributed by atoms with Gasteiger partial charge in [0, 0.05) is 19.2 Å². The lowest BCUT2D eigenvalue weighted by Gasteiger charge is -2.20. The monoisotopic (exact) mass is 150 g/mol. The molecule has 0 amide bonds. The molecule has 1 aromatic heterocycles. The van der Waals surface area contributed by atoms with Crippen molar-refractivity contribution in [1.82, 2.24) is 4.98 Å². The molecule has 3 nitrogen and oxygen atoms in total. The van der Waals surface area contributed by atoms with Crippen molar-refractivity contribution in [2.45, 2.75) is 12.5 Å². The van der Waals surface area contributed by atoms with Gasteiger partial charge in [0.2, 0.25) is 0 Å².